The molecular weight excluding hydrogens is 441 g/mol. The van der Waals surface area contributed by atoms with Crippen molar-refractivity contribution in [2.24, 2.45) is 0 Å². The lowest BCUT2D eigenvalue weighted by Gasteiger charge is -2.20. The van der Waals surface area contributed by atoms with Gasteiger partial charge in [0, 0.05) is 6.20 Å². The molecule has 0 aliphatic carbocycles. The maximum Gasteiger partial charge on any atom is 0.416 e. The van der Waals surface area contributed by atoms with Crippen molar-refractivity contribution in [3.8, 4) is 0 Å². The fourth-order valence-electron chi connectivity index (χ4n) is 3.06. The lowest BCUT2D eigenvalue weighted by molar-refractivity contribution is 0.154. The van der Waals surface area contributed by atoms with Crippen molar-refractivity contribution in [2.75, 3.05) is 10.2 Å². The Labute approximate surface area is 185 Å². The van der Waals surface area contributed by atoms with Gasteiger partial charge < -0.3 is 14.3 Å². The summed E-state index contributed by atoms with van der Waals surface area (Å²) in [4.78, 5) is 29.3. The molecule has 10 heteroatoms. The molecule has 0 saturated heterocycles. The van der Waals surface area contributed by atoms with Crippen LogP contribution in [0, 0.1) is 5.82 Å². The Morgan fingerprint density at radius 2 is 1.97 bits per heavy atom. The van der Waals surface area contributed by atoms with Gasteiger partial charge in [-0.15, -0.1) is 0 Å². The van der Waals surface area contributed by atoms with Gasteiger partial charge in [-0.05, 0) is 29.8 Å². The van der Waals surface area contributed by atoms with E-state index in [-0.39, 0.29) is 34.5 Å². The number of aromatic nitrogens is 1. The maximum absolute atomic E-state index is 13.6. The molecule has 2 N–H and O–H groups in total. The van der Waals surface area contributed by atoms with Gasteiger partial charge in [-0.25, -0.2) is 18.9 Å². The smallest absolute Gasteiger partial charge is 0.416 e. The summed E-state index contributed by atoms with van der Waals surface area (Å²) in [5, 5.41) is 12.4. The Morgan fingerprint density at radius 3 is 2.69 bits per heavy atom. The van der Waals surface area contributed by atoms with Crippen molar-refractivity contribution in [1.82, 2.24) is 4.98 Å². The van der Waals surface area contributed by atoms with Crippen molar-refractivity contribution in [3.05, 3.63) is 83.4 Å². The van der Waals surface area contributed by atoms with Crippen LogP contribution in [-0.2, 0) is 11.3 Å². The zero-order valence-corrected chi connectivity index (χ0v) is 17.0. The number of fused-ring (bicyclic) bond motifs is 1. The molecule has 4 aromatic rings. The molecule has 0 fully saturated rings. The number of carbonyl (C=O) groups is 2. The van der Waals surface area contributed by atoms with Crippen LogP contribution < -0.4 is 10.2 Å². The van der Waals surface area contributed by atoms with Gasteiger partial charge in [0.1, 0.15) is 18.1 Å². The van der Waals surface area contributed by atoms with Crippen molar-refractivity contribution >= 4 is 52.0 Å². The molecule has 0 atom stereocenters. The highest BCUT2D eigenvalue weighted by molar-refractivity contribution is 6.31. The zero-order chi connectivity index (χ0) is 22.7. The first-order valence-corrected chi connectivity index (χ1v) is 9.64. The Bertz CT molecular complexity index is 1300. The first-order valence-electron chi connectivity index (χ1n) is 9.26. The zero-order valence-electron chi connectivity index (χ0n) is 16.3. The Kier molecular flexibility index (Phi) is 5.91. The number of halogens is 2. The van der Waals surface area contributed by atoms with Crippen LogP contribution in [0.4, 0.5) is 31.2 Å². The number of ether oxygens (including phenoxy) is 1. The molecule has 0 unspecified atom stereocenters. The van der Waals surface area contributed by atoms with Crippen molar-refractivity contribution in [2.45, 2.75) is 6.61 Å². The summed E-state index contributed by atoms with van der Waals surface area (Å²) in [5.74, 6) is -0.890. The van der Waals surface area contributed by atoms with E-state index >= 15 is 0 Å². The van der Waals surface area contributed by atoms with Crippen LogP contribution in [0.5, 0.6) is 0 Å². The second-order valence-corrected chi connectivity index (χ2v) is 6.96. The normalized spacial score (nSPS) is 10.7. The molecule has 2 heterocycles. The van der Waals surface area contributed by atoms with E-state index in [2.05, 4.69) is 10.3 Å². The third-order valence-electron chi connectivity index (χ3n) is 4.47. The summed E-state index contributed by atoms with van der Waals surface area (Å²) in [6.45, 7) is 0.00000549. The highest BCUT2D eigenvalue weighted by Crippen LogP contribution is 2.42. The van der Waals surface area contributed by atoms with Gasteiger partial charge in [-0.2, -0.15) is 0 Å². The number of amides is 2. The van der Waals surface area contributed by atoms with E-state index in [1.807, 2.05) is 6.07 Å². The van der Waals surface area contributed by atoms with Gasteiger partial charge in [-0.1, -0.05) is 41.9 Å². The summed E-state index contributed by atoms with van der Waals surface area (Å²) in [6.07, 6.45) is 0.547. The van der Waals surface area contributed by atoms with Crippen molar-refractivity contribution < 1.29 is 28.2 Å². The van der Waals surface area contributed by atoms with E-state index in [1.165, 1.54) is 24.5 Å². The number of nitrogens with one attached hydrogen (secondary N) is 1. The van der Waals surface area contributed by atoms with Gasteiger partial charge in [0.15, 0.2) is 5.58 Å². The topological polar surface area (TPSA) is 105 Å². The van der Waals surface area contributed by atoms with Gasteiger partial charge in [0.05, 0.1) is 22.3 Å². The maximum atomic E-state index is 13.6. The first kappa shape index (κ1) is 21.1. The predicted molar refractivity (Wildman–Crippen MR) is 116 cm³/mol. The highest BCUT2D eigenvalue weighted by atomic mass is 35.5. The molecule has 2 amide bonds. The number of nitrogens with zero attached hydrogens (tertiary/aromatic N) is 2. The molecular formula is C22H15ClFN3O5. The van der Waals surface area contributed by atoms with E-state index in [0.717, 1.165) is 22.6 Å². The standard InChI is InChI=1S/C22H15ClFN3O5/c23-16-10-14(6-7-17(16)24)27(22(29)30)19-15-8-9-25-11-18(15)32-20(19)26-21(28)31-12-13-4-2-1-3-5-13/h1-11H,12H2,(H,26,28)(H,29,30). The molecule has 0 bridgehead atoms. The van der Waals surface area contributed by atoms with Gasteiger partial charge in [0.2, 0.25) is 5.88 Å². The predicted octanol–water partition coefficient (Wildman–Crippen LogP) is 6.19. The lowest BCUT2D eigenvalue weighted by Crippen LogP contribution is -2.25. The molecule has 8 nitrogen and oxygen atoms in total. The molecule has 32 heavy (non-hydrogen) atoms. The average molecular weight is 456 g/mol. The summed E-state index contributed by atoms with van der Waals surface area (Å²) >= 11 is 5.85. The van der Waals surface area contributed by atoms with Gasteiger partial charge in [-0.3, -0.25) is 10.3 Å². The number of carboxylic acid groups (broad SMARTS) is 1. The van der Waals surface area contributed by atoms with E-state index in [0.29, 0.717) is 5.39 Å². The molecule has 2 aromatic carbocycles. The minimum Gasteiger partial charge on any atom is -0.464 e. The monoisotopic (exact) mass is 455 g/mol. The third-order valence-corrected chi connectivity index (χ3v) is 4.76. The van der Waals surface area contributed by atoms with Crippen molar-refractivity contribution in [1.29, 1.82) is 0 Å². The molecule has 2 aromatic heterocycles. The lowest BCUT2D eigenvalue weighted by atomic mass is 10.2. The number of carbonyl (C=O) groups excluding carboxylic acids is 1. The SMILES string of the molecule is O=C(Nc1oc2cnccc2c1N(C(=O)O)c1ccc(F)c(Cl)c1)OCc1ccccc1. The third kappa shape index (κ3) is 4.33. The van der Waals surface area contributed by atoms with E-state index < -0.39 is 18.0 Å². The molecule has 0 saturated carbocycles. The van der Waals surface area contributed by atoms with Crippen LogP contribution in [0.25, 0.3) is 11.0 Å². The van der Waals surface area contributed by atoms with E-state index in [4.69, 9.17) is 20.8 Å². The largest absolute Gasteiger partial charge is 0.464 e. The van der Waals surface area contributed by atoms with Crippen LogP contribution in [-0.4, -0.2) is 22.3 Å². The number of rotatable bonds is 5. The Morgan fingerprint density at radius 1 is 1.19 bits per heavy atom. The van der Waals surface area contributed by atoms with Crippen LogP contribution in [0.3, 0.4) is 0 Å². The van der Waals surface area contributed by atoms with Gasteiger partial charge in [0.25, 0.3) is 0 Å². The van der Waals surface area contributed by atoms with Crippen LogP contribution >= 0.6 is 11.6 Å². The molecule has 0 aliphatic heterocycles. The number of hydrogen-bond donors (Lipinski definition) is 2. The summed E-state index contributed by atoms with van der Waals surface area (Å²) in [6, 6.07) is 14.0. The fourth-order valence-corrected chi connectivity index (χ4v) is 3.23. The second-order valence-electron chi connectivity index (χ2n) is 6.55. The number of anilines is 3. The minimum atomic E-state index is -1.41. The van der Waals surface area contributed by atoms with Crippen LogP contribution in [0.2, 0.25) is 5.02 Å². The number of pyridine rings is 1. The Balaban J connectivity index is 1.71. The Hall–Kier alpha value is -4.11. The molecule has 4 rings (SSSR count). The molecule has 0 spiro atoms. The van der Waals surface area contributed by atoms with E-state index in [1.54, 1.807) is 24.3 Å². The quantitative estimate of drug-likeness (QED) is 0.372. The summed E-state index contributed by atoms with van der Waals surface area (Å²) in [7, 11) is 0. The number of furan rings is 1. The van der Waals surface area contributed by atoms with Gasteiger partial charge >= 0.3 is 12.2 Å². The molecule has 0 radical (unpaired) electrons. The summed E-state index contributed by atoms with van der Waals surface area (Å²) in [5.41, 5.74) is 1.03. The molecule has 0 aliphatic rings. The van der Waals surface area contributed by atoms with E-state index in [9.17, 15) is 19.1 Å². The summed E-state index contributed by atoms with van der Waals surface area (Å²) < 4.78 is 24.5. The minimum absolute atomic E-state index is 0.00000549. The second kappa shape index (κ2) is 8.94. The first-order chi connectivity index (χ1) is 15.4. The number of benzene rings is 2. The van der Waals surface area contributed by atoms with Crippen LogP contribution in [0.1, 0.15) is 5.56 Å². The van der Waals surface area contributed by atoms with Crippen LogP contribution in [0.15, 0.2) is 71.4 Å². The average Bonchev–Trinajstić information content (AvgIpc) is 3.13. The fraction of sp³-hybridized carbons (Fsp3) is 0.0455. The number of hydrogen-bond acceptors (Lipinski definition) is 5. The molecule has 162 valence electrons. The van der Waals surface area contributed by atoms with Crippen molar-refractivity contribution in [3.63, 3.8) is 0 Å². The highest BCUT2D eigenvalue weighted by Gasteiger charge is 2.28.